The highest BCUT2D eigenvalue weighted by Crippen LogP contribution is 2.50. The maximum absolute atomic E-state index is 16.3. The average molecular weight is 1840 g/mol. The van der Waals surface area contributed by atoms with E-state index in [9.17, 15) is 79.5 Å². The minimum absolute atomic E-state index is 0.0503. The number of phenols is 3. The molecule has 8 heterocycles. The molecule has 7 aliphatic rings. The van der Waals surface area contributed by atoms with E-state index in [1.807, 2.05) is 5.43 Å². The van der Waals surface area contributed by atoms with Crippen LogP contribution < -0.4 is 90.1 Å². The molecule has 1 aromatic heterocycles. The van der Waals surface area contributed by atoms with E-state index in [2.05, 4.69) is 52.8 Å². The Labute approximate surface area is 741 Å². The van der Waals surface area contributed by atoms with Crippen molar-refractivity contribution >= 4 is 112 Å². The molecule has 24 N–H and O–H groups in total. The van der Waals surface area contributed by atoms with Crippen LogP contribution in [0.3, 0.4) is 0 Å². The minimum atomic E-state index is -2.44. The Bertz CT molecular complexity index is 5580. The number of aromatic nitrogens is 2. The van der Waals surface area contributed by atoms with Gasteiger partial charge in [-0.1, -0.05) is 79.0 Å². The van der Waals surface area contributed by atoms with Crippen molar-refractivity contribution in [2.45, 2.75) is 163 Å². The van der Waals surface area contributed by atoms with Gasteiger partial charge in [0.05, 0.1) is 41.3 Å². The number of ether oxygens (including phenoxy) is 6. The average Bonchev–Trinajstić information content (AvgIpc) is 0.762. The third-order valence-corrected chi connectivity index (χ3v) is 22.4. The number of primary amides is 2. The van der Waals surface area contributed by atoms with Gasteiger partial charge in [-0.25, -0.2) is 4.79 Å². The molecule has 2 fully saturated rings. The van der Waals surface area contributed by atoms with Crippen molar-refractivity contribution in [2.24, 2.45) is 17.4 Å². The number of phenolic OH excluding ortho intramolecular Hbond substituents is 3. The van der Waals surface area contributed by atoms with Crippen LogP contribution in [0.2, 0.25) is 15.1 Å². The number of aromatic hydroxyl groups is 3. The maximum Gasteiger partial charge on any atom is 0.349 e. The number of aliphatic hydroxyl groups is 6. The number of likely N-dealkylation sites (N-methyl/N-ethyl adjacent to an activating group) is 1. The van der Waals surface area contributed by atoms with Gasteiger partial charge in [0.25, 0.3) is 5.91 Å². The first-order valence-electron chi connectivity index (χ1n) is 39.6. The van der Waals surface area contributed by atoms with Crippen molar-refractivity contribution in [3.8, 4) is 57.1 Å². The molecule has 11 bridgehead atoms. The molecule has 45 heteroatoms. The van der Waals surface area contributed by atoms with Crippen LogP contribution in [0.4, 0.5) is 5.82 Å². The lowest BCUT2D eigenvalue weighted by Crippen LogP contribution is -2.65. The zero-order chi connectivity index (χ0) is 92.8. The monoisotopic (exact) mass is 1830 g/mol. The predicted molar refractivity (Wildman–Crippen MR) is 449 cm³/mol. The van der Waals surface area contributed by atoms with Gasteiger partial charge >= 0.3 is 17.5 Å². The number of anilines is 1. The highest BCUT2D eigenvalue weighted by molar-refractivity contribution is 6.34. The number of amides is 11. The predicted octanol–water partition coefficient (Wildman–Crippen LogP) is -0.153. The summed E-state index contributed by atoms with van der Waals surface area (Å²) < 4.78 is 40.5. The Morgan fingerprint density at radius 2 is 1.34 bits per heavy atom. The van der Waals surface area contributed by atoms with Gasteiger partial charge in [0.15, 0.2) is 23.9 Å². The lowest BCUT2D eigenvalue weighted by molar-refractivity contribution is -0.334. The summed E-state index contributed by atoms with van der Waals surface area (Å²) in [5.41, 5.74) is 9.67. The number of hydrogen-bond donors (Lipinski definition) is 22. The molecule has 680 valence electrons. The summed E-state index contributed by atoms with van der Waals surface area (Å²) in [6.07, 6.45) is -15.7. The lowest BCUT2D eigenvalue weighted by Gasteiger charge is -2.48. The summed E-state index contributed by atoms with van der Waals surface area (Å²) >= 11 is 20.3. The van der Waals surface area contributed by atoms with E-state index in [0.717, 1.165) is 72.8 Å². The fourth-order valence-corrected chi connectivity index (χ4v) is 15.5. The fraction of sp³-hybridized carbons (Fsp3) is 0.361. The number of aliphatic hydroxyl groups excluding tert-OH is 6. The molecule has 7 aliphatic heterocycles. The zero-order valence-electron chi connectivity index (χ0n) is 68.3. The normalized spacial score (nSPS) is 25.6. The fourth-order valence-electron chi connectivity index (χ4n) is 14.9. The van der Waals surface area contributed by atoms with Crippen molar-refractivity contribution in [1.82, 2.24) is 62.9 Å². The topological polar surface area (TPSA) is 644 Å². The third kappa shape index (κ3) is 21.6. The number of halogens is 3. The molecular formula is C83H90Cl3N15O27. The first-order chi connectivity index (χ1) is 60.7. The molecule has 0 saturated carbocycles. The Morgan fingerprint density at radius 1 is 0.703 bits per heavy atom. The van der Waals surface area contributed by atoms with E-state index in [4.69, 9.17) is 74.7 Å². The summed E-state index contributed by atoms with van der Waals surface area (Å²) in [6.45, 7) is 5.50. The number of nitrogens with two attached hydrogens (primary N) is 2. The Hall–Kier alpha value is -12.7. The van der Waals surface area contributed by atoms with Crippen LogP contribution in [0.15, 0.2) is 126 Å². The van der Waals surface area contributed by atoms with Crippen molar-refractivity contribution in [2.75, 3.05) is 25.5 Å². The van der Waals surface area contributed by atoms with Gasteiger partial charge in [0.2, 0.25) is 59.3 Å². The van der Waals surface area contributed by atoms with Crippen molar-refractivity contribution in [3.63, 3.8) is 0 Å². The van der Waals surface area contributed by atoms with E-state index < -0.39 is 277 Å². The summed E-state index contributed by atoms with van der Waals surface area (Å²) in [5.74, 6) is -20.6. The number of carbonyl (C=O) groups excluding carboxylic acids is 11. The first kappa shape index (κ1) is 94.5. The molecule has 2 saturated heterocycles. The van der Waals surface area contributed by atoms with Crippen LogP contribution in [0.1, 0.15) is 111 Å². The standard InChI is InChI=1S/C83H90Cl3N15O27/c1-33(2)22-46(89-5)73(114)97-63-65(108)37-10-15-50(44(85)24-37)124-52-26-39-27-53(69(52)128-81-70(68(111)67(110)54(32-102)126-81)127-58-31-83(4,71(112)34(3)123-58)90-19-21-101-20-18-56(93-82(101)122)92-57(107)17-8-35-6-12-40(84)13-7-35)125-51-16-11-38(25-45(51)86)66(109)64-78(119)96-62(79(120)99-100-80(121)72(88)113)43-28-41(103)29-49(105)59(43)42-23-36(9-14-48(42)104)60(75(116)98-64)95-76(117)61(39)94-74(115)47(30-55(87)106)91-77(63)118/h6-18,20,23-29,33-34,46-47,54,58,60-68,70-71,81,89-90,102-105,108-112H,19,21-22,30-32H2,1-5H3,(H2,87,106)(H2,88,113)(H,91,118)(H,94,115)(H,95,117)(H,96,119)(H,97,114)(H,98,116)(H,99,120)(H,100,121)(H,92,93,107,122)/b17-8+. The Balaban J connectivity index is 1.00. The lowest BCUT2D eigenvalue weighted by atomic mass is 9.85. The van der Waals surface area contributed by atoms with Gasteiger partial charge < -0.3 is 134 Å². The molecule has 42 nitrogen and oxygen atoms in total. The van der Waals surface area contributed by atoms with Crippen molar-refractivity contribution in [1.29, 1.82) is 0 Å². The van der Waals surface area contributed by atoms with Gasteiger partial charge in [0, 0.05) is 59.5 Å². The number of hydrogen-bond acceptors (Lipinski definition) is 30. The second kappa shape index (κ2) is 40.1. The number of rotatable bonds is 20. The summed E-state index contributed by atoms with van der Waals surface area (Å²) in [5, 5.41) is 129. The van der Waals surface area contributed by atoms with Crippen LogP contribution in [-0.2, 0) is 73.5 Å². The molecule has 7 aromatic rings. The SMILES string of the molecule is CNC(CC(C)C)C(=O)NC1C(=O)NC(CC(N)=O)C(=O)NC2C(=O)NC3C(=O)NC(C(=O)NC(C(=O)NNC(=O)C(N)=O)c4cc(O)cc(O)c4-c4cc3ccc4O)C(O)c3ccc(c(Cl)c3)Oc3cc2cc(c3OC2OC(CO)C(O)C(O)C2OC2CC(C)(NCCn3ccc(NC(=O)/C=C/c4ccc(Cl)cc4)nc3=O)C(O)C(C)O2)Oc2ccc(cc2Cl)C1O. The van der Waals surface area contributed by atoms with Crippen LogP contribution >= 0.6 is 34.8 Å². The molecule has 6 aromatic carbocycles. The number of carbonyl (C=O) groups is 11. The minimum Gasteiger partial charge on any atom is -0.508 e. The molecule has 0 aliphatic carbocycles. The molecule has 14 rings (SSSR count). The molecule has 128 heavy (non-hydrogen) atoms. The number of nitrogens with one attached hydrogen (secondary N) is 11. The number of benzene rings is 6. The highest BCUT2D eigenvalue weighted by Gasteiger charge is 2.52. The summed E-state index contributed by atoms with van der Waals surface area (Å²) in [7, 11) is 1.45. The number of nitrogens with zero attached hydrogens (tertiary/aromatic N) is 2. The van der Waals surface area contributed by atoms with Gasteiger partial charge in [0.1, 0.15) is 101 Å². The summed E-state index contributed by atoms with van der Waals surface area (Å²) in [4.78, 5) is 175. The molecule has 11 amide bonds. The zero-order valence-corrected chi connectivity index (χ0v) is 70.6. The molecule has 0 spiro atoms. The molecule has 18 atom stereocenters. The Kier molecular flexibility index (Phi) is 29.6. The first-order valence-corrected chi connectivity index (χ1v) is 40.7. The van der Waals surface area contributed by atoms with Crippen LogP contribution in [0, 0.1) is 5.92 Å². The van der Waals surface area contributed by atoms with Crippen molar-refractivity contribution < 1.29 is 127 Å². The highest BCUT2D eigenvalue weighted by atomic mass is 35.5. The van der Waals surface area contributed by atoms with E-state index in [1.54, 1.807) is 50.5 Å². The largest absolute Gasteiger partial charge is 0.508 e. The third-order valence-electron chi connectivity index (χ3n) is 21.6. The van der Waals surface area contributed by atoms with E-state index in [0.29, 0.717) is 10.6 Å². The van der Waals surface area contributed by atoms with Crippen LogP contribution in [-0.4, -0.2) is 220 Å². The van der Waals surface area contributed by atoms with E-state index in [-0.39, 0.29) is 48.8 Å². The second-order valence-corrected chi connectivity index (χ2v) is 32.4. The molecular weight excluding hydrogens is 1750 g/mol. The van der Waals surface area contributed by atoms with Gasteiger partial charge in [-0.05, 0) is 145 Å². The summed E-state index contributed by atoms with van der Waals surface area (Å²) in [6, 6.07) is 6.30. The quantitative estimate of drug-likeness (QED) is 0.0268. The number of hydrazine groups is 1. The van der Waals surface area contributed by atoms with Gasteiger partial charge in [-0.15, -0.1) is 0 Å². The van der Waals surface area contributed by atoms with E-state index >= 15 is 24.0 Å². The van der Waals surface area contributed by atoms with E-state index in [1.165, 1.54) is 49.0 Å². The van der Waals surface area contributed by atoms with Crippen LogP contribution in [0.25, 0.3) is 17.2 Å². The van der Waals surface area contributed by atoms with Crippen molar-refractivity contribution in [3.05, 3.63) is 180 Å². The number of fused-ring (bicyclic) bond motifs is 15. The van der Waals surface area contributed by atoms with Gasteiger partial charge in [-0.2, -0.15) is 4.98 Å². The smallest absolute Gasteiger partial charge is 0.349 e. The molecule has 0 radical (unpaired) electrons. The molecule has 18 unspecified atom stereocenters. The second-order valence-electron chi connectivity index (χ2n) is 31.2. The Morgan fingerprint density at radius 3 is 1.97 bits per heavy atom. The van der Waals surface area contributed by atoms with Gasteiger partial charge in [-0.3, -0.25) is 68.2 Å². The maximum atomic E-state index is 16.3. The van der Waals surface area contributed by atoms with Crippen LogP contribution in [0.5, 0.6) is 46.0 Å².